The molecule has 1 atom stereocenters. The van der Waals surface area contributed by atoms with Crippen molar-refractivity contribution in [3.63, 3.8) is 0 Å². The van der Waals surface area contributed by atoms with Crippen LogP contribution in [0.1, 0.15) is 49.4 Å². The minimum atomic E-state index is -0.257. The van der Waals surface area contributed by atoms with Crippen molar-refractivity contribution >= 4 is 5.91 Å². The number of carbonyl (C=O) groups is 1. The highest BCUT2D eigenvalue weighted by Gasteiger charge is 2.31. The fourth-order valence-electron chi connectivity index (χ4n) is 3.12. The third-order valence-corrected chi connectivity index (χ3v) is 4.40. The minimum Gasteiger partial charge on any atom is -0.443 e. The normalized spacial score (nSPS) is 17.7. The molecule has 25 heavy (non-hydrogen) atoms. The maximum atomic E-state index is 13.0. The Morgan fingerprint density at radius 1 is 1.36 bits per heavy atom. The van der Waals surface area contributed by atoms with Crippen LogP contribution in [0.15, 0.2) is 34.9 Å². The van der Waals surface area contributed by atoms with Crippen molar-refractivity contribution in [1.29, 1.82) is 0 Å². The zero-order chi connectivity index (χ0) is 17.6. The quantitative estimate of drug-likeness (QED) is 0.803. The number of ether oxygens (including phenoxy) is 1. The highest BCUT2D eigenvalue weighted by Crippen LogP contribution is 2.31. The lowest BCUT2D eigenvalue weighted by Gasteiger charge is -2.33. The van der Waals surface area contributed by atoms with Gasteiger partial charge in [0.25, 0.3) is 0 Å². The zero-order valence-electron chi connectivity index (χ0n) is 14.4. The van der Waals surface area contributed by atoms with E-state index in [4.69, 9.17) is 9.15 Å². The fourth-order valence-corrected chi connectivity index (χ4v) is 3.12. The molecule has 1 aromatic heterocycles. The summed E-state index contributed by atoms with van der Waals surface area (Å²) in [5, 5.41) is 0. The van der Waals surface area contributed by atoms with Crippen molar-refractivity contribution in [2.45, 2.75) is 38.6 Å². The maximum Gasteiger partial charge on any atom is 0.249 e. The molecule has 1 amide bonds. The molecule has 0 unspecified atom stereocenters. The Morgan fingerprint density at radius 3 is 2.92 bits per heavy atom. The molecule has 0 N–H and O–H groups in total. The van der Waals surface area contributed by atoms with Gasteiger partial charge in [0.05, 0.1) is 6.20 Å². The van der Waals surface area contributed by atoms with Gasteiger partial charge in [0.15, 0.2) is 0 Å². The zero-order valence-corrected chi connectivity index (χ0v) is 14.4. The Kier molecular flexibility index (Phi) is 5.81. The second-order valence-electron chi connectivity index (χ2n) is 6.20. The van der Waals surface area contributed by atoms with Crippen LogP contribution in [0.4, 0.5) is 4.39 Å². The molecule has 0 aliphatic carbocycles. The first-order valence-electron chi connectivity index (χ1n) is 8.73. The second kappa shape index (κ2) is 8.25. The highest BCUT2D eigenvalue weighted by atomic mass is 19.1. The average molecular weight is 346 g/mol. The van der Waals surface area contributed by atoms with Crippen LogP contribution in [0.5, 0.6) is 0 Å². The van der Waals surface area contributed by atoms with Gasteiger partial charge in [0, 0.05) is 19.6 Å². The SMILES string of the molecule is CCOCC(=O)N1CCCC[C@@H]1c1ncc(Cc2ccc(F)cc2)o1. The van der Waals surface area contributed by atoms with E-state index in [9.17, 15) is 9.18 Å². The number of halogens is 1. The van der Waals surface area contributed by atoms with Crippen LogP contribution in [-0.4, -0.2) is 35.5 Å². The van der Waals surface area contributed by atoms with Crippen LogP contribution in [-0.2, 0) is 16.0 Å². The highest BCUT2D eigenvalue weighted by molar-refractivity contribution is 5.78. The van der Waals surface area contributed by atoms with Crippen molar-refractivity contribution in [3.05, 3.63) is 53.5 Å². The monoisotopic (exact) mass is 346 g/mol. The van der Waals surface area contributed by atoms with Crippen LogP contribution in [0, 0.1) is 5.82 Å². The van der Waals surface area contributed by atoms with Crippen molar-refractivity contribution in [3.8, 4) is 0 Å². The van der Waals surface area contributed by atoms with Crippen LogP contribution in [0.25, 0.3) is 0 Å². The average Bonchev–Trinajstić information content (AvgIpc) is 3.10. The Labute approximate surface area is 146 Å². The lowest BCUT2D eigenvalue weighted by molar-refractivity contribution is -0.140. The largest absolute Gasteiger partial charge is 0.443 e. The standard InChI is InChI=1S/C19H23FN2O3/c1-2-24-13-18(23)22-10-4-3-5-17(22)19-21-12-16(25-19)11-14-6-8-15(20)9-7-14/h6-9,12,17H,2-5,10-11,13H2,1H3/t17-/m1/s1. The summed E-state index contributed by atoms with van der Waals surface area (Å²) >= 11 is 0. The third-order valence-electron chi connectivity index (χ3n) is 4.40. The van der Waals surface area contributed by atoms with Gasteiger partial charge in [-0.15, -0.1) is 0 Å². The maximum absolute atomic E-state index is 13.0. The minimum absolute atomic E-state index is 0.0233. The predicted molar refractivity (Wildman–Crippen MR) is 90.5 cm³/mol. The molecular formula is C19H23FN2O3. The van der Waals surface area contributed by atoms with E-state index in [0.717, 1.165) is 24.8 Å². The van der Waals surface area contributed by atoms with Crippen molar-refractivity contribution in [1.82, 2.24) is 9.88 Å². The summed E-state index contributed by atoms with van der Waals surface area (Å²) in [7, 11) is 0. The topological polar surface area (TPSA) is 55.6 Å². The molecule has 1 aliphatic rings. The van der Waals surface area contributed by atoms with Gasteiger partial charge in [-0.25, -0.2) is 9.37 Å². The molecule has 0 radical (unpaired) electrons. The Morgan fingerprint density at radius 2 is 2.16 bits per heavy atom. The van der Waals surface area contributed by atoms with Gasteiger partial charge >= 0.3 is 0 Å². The van der Waals surface area contributed by atoms with Crippen LogP contribution in [0.2, 0.25) is 0 Å². The second-order valence-corrected chi connectivity index (χ2v) is 6.20. The van der Waals surface area contributed by atoms with Gasteiger partial charge < -0.3 is 14.1 Å². The molecule has 5 nitrogen and oxygen atoms in total. The fraction of sp³-hybridized carbons (Fsp3) is 0.474. The summed E-state index contributed by atoms with van der Waals surface area (Å²) in [6.07, 6.45) is 5.11. The van der Waals surface area contributed by atoms with Gasteiger partial charge in [-0.1, -0.05) is 12.1 Å². The van der Waals surface area contributed by atoms with Gasteiger partial charge in [0.2, 0.25) is 11.8 Å². The summed E-state index contributed by atoms with van der Waals surface area (Å²) in [6.45, 7) is 3.18. The number of nitrogens with zero attached hydrogens (tertiary/aromatic N) is 2. The number of benzene rings is 1. The molecule has 1 aromatic carbocycles. The lowest BCUT2D eigenvalue weighted by Crippen LogP contribution is -2.40. The molecule has 0 bridgehead atoms. The number of oxazole rings is 1. The van der Waals surface area contributed by atoms with E-state index < -0.39 is 0 Å². The first-order valence-corrected chi connectivity index (χ1v) is 8.73. The predicted octanol–water partition coefficient (Wildman–Crippen LogP) is 3.49. The molecule has 2 aromatic rings. The van der Waals surface area contributed by atoms with E-state index in [1.54, 1.807) is 18.3 Å². The molecule has 3 rings (SSSR count). The number of hydrogen-bond donors (Lipinski definition) is 0. The van der Waals surface area contributed by atoms with E-state index in [0.29, 0.717) is 31.2 Å². The molecule has 6 heteroatoms. The molecule has 1 aliphatic heterocycles. The Bertz CT molecular complexity index is 699. The van der Waals surface area contributed by atoms with Gasteiger partial charge in [-0.05, 0) is 43.9 Å². The van der Waals surface area contributed by atoms with E-state index in [-0.39, 0.29) is 24.4 Å². The first kappa shape index (κ1) is 17.6. The van der Waals surface area contributed by atoms with E-state index in [2.05, 4.69) is 4.98 Å². The molecular weight excluding hydrogens is 323 g/mol. The summed E-state index contributed by atoms with van der Waals surface area (Å²) < 4.78 is 24.2. The number of carbonyl (C=O) groups excluding carboxylic acids is 1. The van der Waals surface area contributed by atoms with Gasteiger partial charge in [-0.3, -0.25) is 4.79 Å². The van der Waals surface area contributed by atoms with Gasteiger partial charge in [-0.2, -0.15) is 0 Å². The van der Waals surface area contributed by atoms with Gasteiger partial charge in [0.1, 0.15) is 24.2 Å². The number of likely N-dealkylation sites (tertiary alicyclic amines) is 1. The number of amides is 1. The summed E-state index contributed by atoms with van der Waals surface area (Å²) in [5.41, 5.74) is 0.956. The smallest absolute Gasteiger partial charge is 0.249 e. The first-order chi connectivity index (χ1) is 12.2. The summed E-state index contributed by atoms with van der Waals surface area (Å²) in [5.74, 6) is 1.00. The van der Waals surface area contributed by atoms with Crippen LogP contribution >= 0.6 is 0 Å². The summed E-state index contributed by atoms with van der Waals surface area (Å²) in [4.78, 5) is 18.6. The number of piperidine rings is 1. The molecule has 1 fully saturated rings. The van der Waals surface area contributed by atoms with Crippen LogP contribution in [0.3, 0.4) is 0 Å². The van der Waals surface area contributed by atoms with Crippen molar-refractivity contribution in [2.24, 2.45) is 0 Å². The number of rotatable bonds is 6. The van der Waals surface area contributed by atoms with E-state index in [1.807, 2.05) is 11.8 Å². The molecule has 0 spiro atoms. The van der Waals surface area contributed by atoms with E-state index >= 15 is 0 Å². The number of hydrogen-bond acceptors (Lipinski definition) is 4. The van der Waals surface area contributed by atoms with Crippen LogP contribution < -0.4 is 0 Å². The third kappa shape index (κ3) is 4.45. The molecule has 1 saturated heterocycles. The molecule has 0 saturated carbocycles. The molecule has 2 heterocycles. The lowest BCUT2D eigenvalue weighted by atomic mass is 10.0. The van der Waals surface area contributed by atoms with Crippen molar-refractivity contribution in [2.75, 3.05) is 19.8 Å². The Balaban J connectivity index is 1.70. The summed E-state index contributed by atoms with van der Waals surface area (Å²) in [6, 6.07) is 6.19. The van der Waals surface area contributed by atoms with E-state index in [1.165, 1.54) is 12.1 Å². The number of aromatic nitrogens is 1. The van der Waals surface area contributed by atoms with Crippen molar-refractivity contribution < 1.29 is 18.3 Å². The molecule has 134 valence electrons. The Hall–Kier alpha value is -2.21.